The summed E-state index contributed by atoms with van der Waals surface area (Å²) in [6.07, 6.45) is -5.24. The molecule has 0 radical (unpaired) electrons. The smallest absolute Gasteiger partial charge is 0.416 e. The van der Waals surface area contributed by atoms with E-state index in [2.05, 4.69) is 4.98 Å². The lowest BCUT2D eigenvalue weighted by Crippen LogP contribution is -2.39. The molecule has 1 aliphatic rings. The first-order chi connectivity index (χ1) is 11.9. The molecule has 2 heterocycles. The van der Waals surface area contributed by atoms with E-state index in [1.54, 1.807) is 17.0 Å². The molecule has 0 spiro atoms. The van der Waals surface area contributed by atoms with Gasteiger partial charge in [0.2, 0.25) is 0 Å². The van der Waals surface area contributed by atoms with Gasteiger partial charge in [-0.15, -0.1) is 0 Å². The van der Waals surface area contributed by atoms with Crippen molar-refractivity contribution >= 4 is 11.8 Å². The Morgan fingerprint density at radius 3 is 2.68 bits per heavy atom. The van der Waals surface area contributed by atoms with Crippen LogP contribution in [0, 0.1) is 0 Å². The summed E-state index contributed by atoms with van der Waals surface area (Å²) in [5.74, 6) is -0.758. The van der Waals surface area contributed by atoms with E-state index >= 15 is 0 Å². The topological polar surface area (TPSA) is 62.7 Å². The molecule has 1 fully saturated rings. The van der Waals surface area contributed by atoms with Gasteiger partial charge in [0.25, 0.3) is 0 Å². The van der Waals surface area contributed by atoms with Crippen molar-refractivity contribution in [2.24, 2.45) is 0 Å². The van der Waals surface area contributed by atoms with E-state index in [-0.39, 0.29) is 24.4 Å². The summed E-state index contributed by atoms with van der Waals surface area (Å²) < 4.78 is 45.2. The molecule has 1 aliphatic heterocycles. The molecule has 8 heteroatoms. The van der Waals surface area contributed by atoms with Crippen molar-refractivity contribution in [2.45, 2.75) is 12.3 Å². The van der Waals surface area contributed by atoms with Crippen molar-refractivity contribution in [3.63, 3.8) is 0 Å². The largest absolute Gasteiger partial charge is 0.477 e. The second kappa shape index (κ2) is 6.72. The quantitative estimate of drug-likeness (QED) is 0.918. The Labute approximate surface area is 141 Å². The number of morpholine rings is 1. The summed E-state index contributed by atoms with van der Waals surface area (Å²) in [5, 5.41) is 9.03. The van der Waals surface area contributed by atoms with Gasteiger partial charge >= 0.3 is 12.1 Å². The molecule has 5 nitrogen and oxygen atoms in total. The van der Waals surface area contributed by atoms with Crippen molar-refractivity contribution < 1.29 is 27.8 Å². The maximum absolute atomic E-state index is 13.2. The van der Waals surface area contributed by atoms with E-state index in [1.807, 2.05) is 0 Å². The predicted molar refractivity (Wildman–Crippen MR) is 83.5 cm³/mol. The molecule has 0 saturated carbocycles. The molecule has 0 amide bonds. The molecule has 25 heavy (non-hydrogen) atoms. The second-order valence-electron chi connectivity index (χ2n) is 5.58. The highest BCUT2D eigenvalue weighted by Gasteiger charge is 2.36. The molecule has 1 unspecified atom stereocenters. The van der Waals surface area contributed by atoms with E-state index in [0.29, 0.717) is 12.4 Å². The third-order valence-electron chi connectivity index (χ3n) is 3.96. The number of benzene rings is 1. The van der Waals surface area contributed by atoms with Crippen LogP contribution >= 0.6 is 0 Å². The number of alkyl halides is 3. The minimum atomic E-state index is -4.47. The fourth-order valence-corrected chi connectivity index (χ4v) is 2.80. The highest BCUT2D eigenvalue weighted by molar-refractivity contribution is 5.85. The minimum Gasteiger partial charge on any atom is -0.477 e. The van der Waals surface area contributed by atoms with E-state index in [1.165, 1.54) is 24.3 Å². The SMILES string of the molecule is O=C(O)c1cccc(N2CCOC(c3ccccc3C(F)(F)F)C2)n1. The zero-order valence-corrected chi connectivity index (χ0v) is 13.0. The first-order valence-corrected chi connectivity index (χ1v) is 7.59. The Balaban J connectivity index is 1.88. The van der Waals surface area contributed by atoms with Crippen LogP contribution in [0.5, 0.6) is 0 Å². The monoisotopic (exact) mass is 352 g/mol. The Morgan fingerprint density at radius 1 is 1.20 bits per heavy atom. The standard InChI is InChI=1S/C17H15F3N2O3/c18-17(19,20)12-5-2-1-4-11(12)14-10-22(8-9-25-14)15-7-3-6-13(21-15)16(23)24/h1-7,14H,8-10H2,(H,23,24). The van der Waals surface area contributed by atoms with Gasteiger partial charge in [-0.2, -0.15) is 13.2 Å². The van der Waals surface area contributed by atoms with Crippen LogP contribution < -0.4 is 4.90 Å². The van der Waals surface area contributed by atoms with E-state index in [0.717, 1.165) is 6.07 Å². The Morgan fingerprint density at radius 2 is 1.96 bits per heavy atom. The van der Waals surface area contributed by atoms with E-state index in [9.17, 15) is 18.0 Å². The van der Waals surface area contributed by atoms with Crippen molar-refractivity contribution in [3.05, 3.63) is 59.3 Å². The van der Waals surface area contributed by atoms with Gasteiger partial charge in [0.05, 0.1) is 12.2 Å². The average molecular weight is 352 g/mol. The number of anilines is 1. The molecule has 1 aromatic carbocycles. The lowest BCUT2D eigenvalue weighted by molar-refractivity contribution is -0.139. The Bertz CT molecular complexity index is 780. The maximum atomic E-state index is 13.2. The normalized spacial score (nSPS) is 18.2. The molecular formula is C17H15F3N2O3. The number of aromatic carboxylic acids is 1. The minimum absolute atomic E-state index is 0.0640. The van der Waals surface area contributed by atoms with Gasteiger partial charge < -0.3 is 14.7 Å². The fraction of sp³-hybridized carbons (Fsp3) is 0.294. The summed E-state index contributed by atoms with van der Waals surface area (Å²) in [4.78, 5) is 16.8. The molecule has 132 valence electrons. The maximum Gasteiger partial charge on any atom is 0.416 e. The van der Waals surface area contributed by atoms with E-state index in [4.69, 9.17) is 9.84 Å². The van der Waals surface area contributed by atoms with Crippen LogP contribution in [-0.4, -0.2) is 35.8 Å². The highest BCUT2D eigenvalue weighted by atomic mass is 19.4. The molecule has 0 bridgehead atoms. The number of pyridine rings is 1. The first kappa shape index (κ1) is 17.2. The van der Waals surface area contributed by atoms with Crippen molar-refractivity contribution in [2.75, 3.05) is 24.6 Å². The summed E-state index contributed by atoms with van der Waals surface area (Å²) in [7, 11) is 0. The molecule has 2 aromatic rings. The number of aromatic nitrogens is 1. The Hall–Kier alpha value is -2.61. The number of hydrogen-bond acceptors (Lipinski definition) is 4. The van der Waals surface area contributed by atoms with Crippen LogP contribution in [0.25, 0.3) is 0 Å². The third kappa shape index (κ3) is 3.74. The summed E-state index contributed by atoms with van der Waals surface area (Å²) in [5.41, 5.74) is -0.778. The number of hydrogen-bond donors (Lipinski definition) is 1. The predicted octanol–water partition coefficient (Wildman–Crippen LogP) is 3.38. The average Bonchev–Trinajstić information content (AvgIpc) is 2.61. The number of halogens is 3. The third-order valence-corrected chi connectivity index (χ3v) is 3.96. The molecule has 3 rings (SSSR count). The molecule has 1 N–H and O–H groups in total. The highest BCUT2D eigenvalue weighted by Crippen LogP contribution is 2.37. The zero-order chi connectivity index (χ0) is 18.0. The van der Waals surface area contributed by atoms with Crippen molar-refractivity contribution in [1.82, 2.24) is 4.98 Å². The molecule has 0 aliphatic carbocycles. The number of carboxylic acid groups (broad SMARTS) is 1. The van der Waals surface area contributed by atoms with Gasteiger partial charge in [-0.3, -0.25) is 0 Å². The van der Waals surface area contributed by atoms with E-state index < -0.39 is 23.8 Å². The molecular weight excluding hydrogens is 337 g/mol. The zero-order valence-electron chi connectivity index (χ0n) is 13.0. The van der Waals surface area contributed by atoms with Gasteiger partial charge in [0.15, 0.2) is 5.69 Å². The van der Waals surface area contributed by atoms with Crippen LogP contribution in [0.3, 0.4) is 0 Å². The second-order valence-corrected chi connectivity index (χ2v) is 5.58. The van der Waals surface area contributed by atoms with Crippen molar-refractivity contribution in [3.8, 4) is 0 Å². The van der Waals surface area contributed by atoms with Gasteiger partial charge in [-0.25, -0.2) is 9.78 Å². The van der Waals surface area contributed by atoms with Crippen LogP contribution in [0.15, 0.2) is 42.5 Å². The number of ether oxygens (including phenoxy) is 1. The van der Waals surface area contributed by atoms with Gasteiger partial charge in [0.1, 0.15) is 11.9 Å². The van der Waals surface area contributed by atoms with Gasteiger partial charge in [-0.05, 0) is 23.8 Å². The van der Waals surface area contributed by atoms with Crippen LogP contribution in [0.1, 0.15) is 27.7 Å². The van der Waals surface area contributed by atoms with Gasteiger partial charge in [-0.1, -0.05) is 24.3 Å². The van der Waals surface area contributed by atoms with Crippen molar-refractivity contribution in [1.29, 1.82) is 0 Å². The molecule has 1 atom stereocenters. The number of rotatable bonds is 3. The Kier molecular flexibility index (Phi) is 4.63. The molecule has 1 saturated heterocycles. The first-order valence-electron chi connectivity index (χ1n) is 7.59. The lowest BCUT2D eigenvalue weighted by Gasteiger charge is -2.35. The number of nitrogens with zero attached hydrogens (tertiary/aromatic N) is 2. The number of carbonyl (C=O) groups is 1. The number of carboxylic acids is 1. The van der Waals surface area contributed by atoms with Crippen LogP contribution in [0.4, 0.5) is 19.0 Å². The summed E-state index contributed by atoms with van der Waals surface area (Å²) in [6, 6.07) is 9.85. The fourth-order valence-electron chi connectivity index (χ4n) is 2.80. The summed E-state index contributed by atoms with van der Waals surface area (Å²) >= 11 is 0. The summed E-state index contributed by atoms with van der Waals surface area (Å²) in [6.45, 7) is 0.791. The lowest BCUT2D eigenvalue weighted by atomic mass is 10.0. The van der Waals surface area contributed by atoms with Gasteiger partial charge in [0, 0.05) is 13.1 Å². The molecule has 1 aromatic heterocycles. The van der Waals surface area contributed by atoms with Crippen LogP contribution in [-0.2, 0) is 10.9 Å². The van der Waals surface area contributed by atoms with Crippen LogP contribution in [0.2, 0.25) is 0 Å².